The maximum absolute atomic E-state index is 11.7. The Labute approximate surface area is 98.4 Å². The third kappa shape index (κ3) is 3.41. The highest BCUT2D eigenvalue weighted by molar-refractivity contribution is 7.85. The van der Waals surface area contributed by atoms with E-state index in [2.05, 4.69) is 9.38 Å². The molecule has 1 aromatic heterocycles. The molecule has 16 heavy (non-hydrogen) atoms. The van der Waals surface area contributed by atoms with Gasteiger partial charge >= 0.3 is 0 Å². The van der Waals surface area contributed by atoms with Gasteiger partial charge in [-0.15, -0.1) is 0 Å². The summed E-state index contributed by atoms with van der Waals surface area (Å²) >= 11 is 0. The van der Waals surface area contributed by atoms with Crippen LogP contribution in [0.25, 0.3) is 0 Å². The molecule has 4 nitrogen and oxygen atoms in total. The molecule has 88 valence electrons. The van der Waals surface area contributed by atoms with Crippen LogP contribution in [0, 0.1) is 0 Å². The summed E-state index contributed by atoms with van der Waals surface area (Å²) in [5, 5.41) is 0. The third-order valence-corrected chi connectivity index (χ3v) is 3.35. The van der Waals surface area contributed by atoms with Crippen LogP contribution < -0.4 is 4.74 Å². The van der Waals surface area contributed by atoms with Crippen molar-refractivity contribution in [3.05, 3.63) is 24.0 Å². The van der Waals surface area contributed by atoms with Crippen molar-refractivity contribution in [1.82, 2.24) is 4.98 Å². The van der Waals surface area contributed by atoms with Crippen molar-refractivity contribution in [1.29, 1.82) is 0 Å². The van der Waals surface area contributed by atoms with Gasteiger partial charge in [-0.1, -0.05) is 8.61 Å². The number of ether oxygens (including phenoxy) is 1. The quantitative estimate of drug-likeness (QED) is 0.461. The lowest BCUT2D eigenvalue weighted by atomic mass is 10.3. The third-order valence-electron chi connectivity index (χ3n) is 1.88. The summed E-state index contributed by atoms with van der Waals surface area (Å²) in [5.74, 6) is 0.628. The zero-order valence-electron chi connectivity index (χ0n) is 9.97. The Morgan fingerprint density at radius 1 is 1.50 bits per heavy atom. The summed E-state index contributed by atoms with van der Waals surface area (Å²) in [5.41, 5.74) is 0.595. The molecule has 0 aliphatic rings. The topological polar surface area (TPSA) is 51.6 Å². The van der Waals surface area contributed by atoms with E-state index < -0.39 is 11.0 Å². The fourth-order valence-corrected chi connectivity index (χ4v) is 1.51. The molecule has 5 heteroatoms. The summed E-state index contributed by atoms with van der Waals surface area (Å²) in [6.45, 7) is 5.66. The van der Waals surface area contributed by atoms with E-state index in [1.807, 2.05) is 20.8 Å². The number of thiol groups is 1. The average Bonchev–Trinajstić information content (AvgIpc) is 2.24. The molecule has 0 radical (unpaired) electrons. The highest BCUT2D eigenvalue weighted by atomic mass is 32.2. The first-order valence-electron chi connectivity index (χ1n) is 4.95. The van der Waals surface area contributed by atoms with Crippen LogP contribution in [0.3, 0.4) is 0 Å². The van der Waals surface area contributed by atoms with Crippen molar-refractivity contribution >= 4 is 17.2 Å². The molecule has 0 amide bonds. The van der Waals surface area contributed by atoms with Crippen LogP contribution in [0.5, 0.6) is 5.75 Å². The molecule has 0 bridgehead atoms. The van der Waals surface area contributed by atoms with Crippen molar-refractivity contribution in [2.24, 2.45) is 4.40 Å². The second kappa shape index (κ2) is 5.21. The minimum absolute atomic E-state index is 0.326. The number of hydrogen-bond acceptors (Lipinski definition) is 3. The van der Waals surface area contributed by atoms with Gasteiger partial charge in [-0.25, -0.2) is 0 Å². The van der Waals surface area contributed by atoms with Gasteiger partial charge in [-0.2, -0.15) is 0 Å². The largest absolute Gasteiger partial charge is 0.494 e. The van der Waals surface area contributed by atoms with E-state index in [0.717, 1.165) is 0 Å². The molecule has 0 spiro atoms. The monoisotopic (exact) mass is 241 g/mol. The van der Waals surface area contributed by atoms with Gasteiger partial charge in [0.05, 0.1) is 7.11 Å². The molecule has 0 saturated heterocycles. The van der Waals surface area contributed by atoms with E-state index in [0.29, 0.717) is 11.4 Å². The number of hydrogen-bond donors (Lipinski definition) is 0. The number of methoxy groups -OCH3 is 1. The predicted octanol–water partition coefficient (Wildman–Crippen LogP) is 1.92. The molecule has 0 fully saturated rings. The lowest BCUT2D eigenvalue weighted by molar-refractivity contribution is 0.412. The molecule has 1 unspecified atom stereocenters. The van der Waals surface area contributed by atoms with E-state index in [4.69, 9.17) is 4.74 Å². The van der Waals surface area contributed by atoms with E-state index >= 15 is 0 Å². The second-order valence-corrected chi connectivity index (χ2v) is 6.40. The molecule has 0 N–H and O–H groups in total. The fourth-order valence-electron chi connectivity index (χ4n) is 0.953. The Morgan fingerprint density at radius 2 is 2.19 bits per heavy atom. The van der Waals surface area contributed by atoms with Crippen molar-refractivity contribution in [3.63, 3.8) is 0 Å². The van der Waals surface area contributed by atoms with Gasteiger partial charge in [0.2, 0.25) is 0 Å². The first kappa shape index (κ1) is 12.8. The van der Waals surface area contributed by atoms with Crippen LogP contribution in [-0.4, -0.2) is 23.1 Å². The second-order valence-electron chi connectivity index (χ2n) is 4.28. The highest BCUT2D eigenvalue weighted by Crippen LogP contribution is 2.15. The van der Waals surface area contributed by atoms with Gasteiger partial charge in [-0.05, 0) is 32.9 Å². The summed E-state index contributed by atoms with van der Waals surface area (Å²) in [6.07, 6.45) is 3.15. The van der Waals surface area contributed by atoms with Crippen LogP contribution >= 0.6 is 0 Å². The van der Waals surface area contributed by atoms with E-state index in [-0.39, 0.29) is 4.75 Å². The Balaban J connectivity index is 2.88. The summed E-state index contributed by atoms with van der Waals surface area (Å²) in [4.78, 5) is 4.10. The SMILES string of the molecule is COc1cccnc1C=N[SH+](=O)C(C)(C)C. The van der Waals surface area contributed by atoms with E-state index in [1.54, 1.807) is 25.4 Å². The fraction of sp³-hybridized carbons (Fsp3) is 0.455. The Bertz CT molecular complexity index is 411. The lowest BCUT2D eigenvalue weighted by Gasteiger charge is -2.06. The molecule has 1 rings (SSSR count). The van der Waals surface area contributed by atoms with Gasteiger partial charge in [0, 0.05) is 6.20 Å². The molecular formula is C11H17N2O2S+. The van der Waals surface area contributed by atoms with Crippen LogP contribution in [0.1, 0.15) is 26.5 Å². The number of rotatable bonds is 3. The molecule has 1 heterocycles. The number of aromatic nitrogens is 1. The zero-order valence-corrected chi connectivity index (χ0v) is 10.9. The molecule has 0 aliphatic carbocycles. The van der Waals surface area contributed by atoms with Crippen molar-refractivity contribution < 1.29 is 8.95 Å². The minimum atomic E-state index is -1.64. The molecule has 1 aromatic rings. The lowest BCUT2D eigenvalue weighted by Crippen LogP contribution is -2.19. The van der Waals surface area contributed by atoms with E-state index in [9.17, 15) is 4.21 Å². The molecule has 0 saturated carbocycles. The maximum Gasteiger partial charge on any atom is 0.194 e. The summed E-state index contributed by atoms with van der Waals surface area (Å²) < 4.78 is 20.5. The van der Waals surface area contributed by atoms with Gasteiger partial charge < -0.3 is 4.74 Å². The number of nitrogens with zero attached hydrogens (tertiary/aromatic N) is 2. The van der Waals surface area contributed by atoms with Gasteiger partial charge in [0.1, 0.15) is 22.4 Å². The highest BCUT2D eigenvalue weighted by Gasteiger charge is 2.24. The first-order valence-corrected chi connectivity index (χ1v) is 6.16. The Hall–Kier alpha value is -1.23. The van der Waals surface area contributed by atoms with E-state index in [1.165, 1.54) is 6.21 Å². The molecule has 0 aliphatic heterocycles. The zero-order chi connectivity index (χ0) is 12.2. The predicted molar refractivity (Wildman–Crippen MR) is 67.6 cm³/mol. The van der Waals surface area contributed by atoms with Gasteiger partial charge in [-0.3, -0.25) is 4.98 Å². The van der Waals surface area contributed by atoms with Crippen LogP contribution in [0.4, 0.5) is 0 Å². The van der Waals surface area contributed by atoms with Gasteiger partial charge in [0.15, 0.2) is 11.0 Å². The van der Waals surface area contributed by atoms with Crippen LogP contribution in [0.15, 0.2) is 22.7 Å². The van der Waals surface area contributed by atoms with Crippen molar-refractivity contribution in [2.45, 2.75) is 25.5 Å². The minimum Gasteiger partial charge on any atom is -0.494 e. The molecular weight excluding hydrogens is 224 g/mol. The molecule has 0 aromatic carbocycles. The molecule has 1 atom stereocenters. The standard InChI is InChI=1S/C11H16N2O2S/c1-11(2,3)16(14)13-8-9-10(15-4)6-5-7-12-9/h5-8H,1-4H3/p+1. The smallest absolute Gasteiger partial charge is 0.194 e. The van der Waals surface area contributed by atoms with Crippen molar-refractivity contribution in [2.75, 3.05) is 7.11 Å². The van der Waals surface area contributed by atoms with Crippen LogP contribution in [-0.2, 0) is 15.2 Å². The summed E-state index contributed by atoms with van der Waals surface area (Å²) in [7, 11) is -0.0712. The van der Waals surface area contributed by atoms with Gasteiger partial charge in [0.25, 0.3) is 0 Å². The normalized spacial score (nSPS) is 14.0. The summed E-state index contributed by atoms with van der Waals surface area (Å²) in [6, 6.07) is 3.57. The maximum atomic E-state index is 11.7. The van der Waals surface area contributed by atoms with Crippen molar-refractivity contribution in [3.8, 4) is 5.75 Å². The first-order chi connectivity index (χ1) is 7.45. The average molecular weight is 241 g/mol. The Morgan fingerprint density at radius 3 is 2.75 bits per heavy atom. The van der Waals surface area contributed by atoms with Crippen LogP contribution in [0.2, 0.25) is 0 Å². The number of pyridine rings is 1. The Kier molecular flexibility index (Phi) is 4.18.